The number of aryl methyl sites for hydroxylation is 1. The third-order valence-corrected chi connectivity index (χ3v) is 3.80. The molecule has 1 aromatic carbocycles. The Balaban J connectivity index is 1.95. The number of hydrogen-bond donors (Lipinski definition) is 1. The van der Waals surface area contributed by atoms with Crippen LogP contribution in [-0.4, -0.2) is 22.3 Å². The molecule has 5 heteroatoms. The Morgan fingerprint density at radius 3 is 2.81 bits per heavy atom. The van der Waals surface area contributed by atoms with Crippen LogP contribution < -0.4 is 10.6 Å². The molecule has 1 aliphatic rings. The number of hydrogen-bond acceptors (Lipinski definition) is 4. The maximum atomic E-state index is 6.10. The number of rotatable bonds is 3. The van der Waals surface area contributed by atoms with Gasteiger partial charge in [0, 0.05) is 23.5 Å². The molecule has 110 valence electrons. The first kappa shape index (κ1) is 13.7. The number of aromatic nitrogens is 2. The van der Waals surface area contributed by atoms with E-state index in [9.17, 15) is 0 Å². The fourth-order valence-electron chi connectivity index (χ4n) is 2.65. The van der Waals surface area contributed by atoms with Crippen LogP contribution >= 0.6 is 0 Å². The van der Waals surface area contributed by atoms with Crippen molar-refractivity contribution in [2.75, 3.05) is 11.4 Å². The Morgan fingerprint density at radius 1 is 1.33 bits per heavy atom. The first-order valence-electron chi connectivity index (χ1n) is 7.26. The van der Waals surface area contributed by atoms with Crippen molar-refractivity contribution in [3.8, 4) is 0 Å². The van der Waals surface area contributed by atoms with Gasteiger partial charge in [-0.2, -0.15) is 5.10 Å². The van der Waals surface area contributed by atoms with Crippen molar-refractivity contribution in [2.24, 2.45) is 10.7 Å². The Hall–Kier alpha value is -2.30. The monoisotopic (exact) mass is 283 g/mol. The van der Waals surface area contributed by atoms with E-state index in [0.29, 0.717) is 18.5 Å². The van der Waals surface area contributed by atoms with Crippen molar-refractivity contribution in [3.05, 3.63) is 47.8 Å². The molecule has 1 aromatic heterocycles. The van der Waals surface area contributed by atoms with Gasteiger partial charge in [-0.3, -0.25) is 9.67 Å². The lowest BCUT2D eigenvalue weighted by Crippen LogP contribution is -2.36. The zero-order valence-electron chi connectivity index (χ0n) is 12.7. The molecule has 5 nitrogen and oxygen atoms in total. The summed E-state index contributed by atoms with van der Waals surface area (Å²) >= 11 is 0. The van der Waals surface area contributed by atoms with Crippen molar-refractivity contribution < 1.29 is 0 Å². The summed E-state index contributed by atoms with van der Waals surface area (Å²) in [7, 11) is 0. The molecular weight excluding hydrogens is 262 g/mol. The van der Waals surface area contributed by atoms with Gasteiger partial charge in [0.25, 0.3) is 0 Å². The number of aliphatic imine (C=N–C) groups is 1. The van der Waals surface area contributed by atoms with Gasteiger partial charge >= 0.3 is 0 Å². The van der Waals surface area contributed by atoms with Crippen LogP contribution in [0.5, 0.6) is 0 Å². The van der Waals surface area contributed by atoms with Gasteiger partial charge in [-0.1, -0.05) is 12.1 Å². The summed E-state index contributed by atoms with van der Waals surface area (Å²) in [6.45, 7) is 6.99. The fourth-order valence-corrected chi connectivity index (χ4v) is 2.65. The van der Waals surface area contributed by atoms with Gasteiger partial charge in [-0.25, -0.2) is 0 Å². The normalized spacial score (nSPS) is 18.4. The van der Waals surface area contributed by atoms with Gasteiger partial charge in [-0.05, 0) is 38.5 Å². The smallest absolute Gasteiger partial charge is 0.196 e. The number of benzene rings is 1. The lowest BCUT2D eigenvalue weighted by Gasteiger charge is -2.26. The molecule has 0 bridgehead atoms. The highest BCUT2D eigenvalue weighted by Crippen LogP contribution is 2.31. The van der Waals surface area contributed by atoms with Gasteiger partial charge < -0.3 is 10.6 Å². The van der Waals surface area contributed by atoms with Crippen molar-refractivity contribution in [1.82, 2.24) is 9.78 Å². The minimum atomic E-state index is 0.124. The van der Waals surface area contributed by atoms with Crippen molar-refractivity contribution >= 4 is 11.6 Å². The molecule has 1 unspecified atom stereocenters. The van der Waals surface area contributed by atoms with E-state index >= 15 is 0 Å². The van der Waals surface area contributed by atoms with E-state index in [-0.39, 0.29) is 6.04 Å². The van der Waals surface area contributed by atoms with E-state index in [1.54, 1.807) is 0 Å². The molecule has 0 spiro atoms. The summed E-state index contributed by atoms with van der Waals surface area (Å²) in [5, 5.41) is 4.43. The van der Waals surface area contributed by atoms with Gasteiger partial charge in [0.1, 0.15) is 0 Å². The standard InChI is InChI=1S/C16H21N5/c1-11(2)20-10-13(8-19-20)15-9-18-16(17)21(15)14-6-4-5-12(3)7-14/h4-8,10-11,15H,9H2,1-3H3,(H2,17,18). The molecule has 2 aromatic rings. The molecule has 0 amide bonds. The average Bonchev–Trinajstić information content (AvgIpc) is 3.05. The lowest BCUT2D eigenvalue weighted by atomic mass is 10.1. The molecule has 1 atom stereocenters. The second kappa shape index (κ2) is 5.24. The molecule has 1 aliphatic heterocycles. The van der Waals surface area contributed by atoms with Crippen LogP contribution in [0.25, 0.3) is 0 Å². The van der Waals surface area contributed by atoms with Crippen LogP contribution in [0.3, 0.4) is 0 Å². The van der Waals surface area contributed by atoms with Crippen LogP contribution in [0.4, 0.5) is 5.69 Å². The highest BCUT2D eigenvalue weighted by atomic mass is 15.3. The van der Waals surface area contributed by atoms with E-state index in [4.69, 9.17) is 5.73 Å². The summed E-state index contributed by atoms with van der Waals surface area (Å²) in [5.74, 6) is 0.572. The molecule has 0 radical (unpaired) electrons. The highest BCUT2D eigenvalue weighted by molar-refractivity contribution is 5.97. The predicted molar refractivity (Wildman–Crippen MR) is 85.5 cm³/mol. The average molecular weight is 283 g/mol. The van der Waals surface area contributed by atoms with Crippen LogP contribution in [0.2, 0.25) is 0 Å². The topological polar surface area (TPSA) is 59.4 Å². The summed E-state index contributed by atoms with van der Waals surface area (Å²) in [6.07, 6.45) is 4.01. The zero-order valence-corrected chi connectivity index (χ0v) is 12.7. The Kier molecular flexibility index (Phi) is 3.41. The lowest BCUT2D eigenvalue weighted by molar-refractivity contribution is 0.531. The van der Waals surface area contributed by atoms with Gasteiger partial charge in [0.05, 0.1) is 18.8 Å². The third kappa shape index (κ3) is 2.51. The zero-order chi connectivity index (χ0) is 15.0. The predicted octanol–water partition coefficient (Wildman–Crippen LogP) is 2.65. The second-order valence-corrected chi connectivity index (χ2v) is 5.77. The van der Waals surface area contributed by atoms with Gasteiger partial charge in [0.2, 0.25) is 0 Å². The van der Waals surface area contributed by atoms with Crippen LogP contribution in [-0.2, 0) is 0 Å². The van der Waals surface area contributed by atoms with Crippen molar-refractivity contribution in [3.63, 3.8) is 0 Å². The summed E-state index contributed by atoms with van der Waals surface area (Å²) in [4.78, 5) is 6.51. The quantitative estimate of drug-likeness (QED) is 0.942. The van der Waals surface area contributed by atoms with E-state index in [1.165, 1.54) is 5.56 Å². The number of guanidine groups is 1. The summed E-state index contributed by atoms with van der Waals surface area (Å²) in [5.41, 5.74) is 9.54. The molecule has 0 fully saturated rings. The van der Waals surface area contributed by atoms with E-state index in [2.05, 4.69) is 60.2 Å². The van der Waals surface area contributed by atoms with E-state index in [0.717, 1.165) is 11.3 Å². The largest absolute Gasteiger partial charge is 0.369 e. The highest BCUT2D eigenvalue weighted by Gasteiger charge is 2.30. The number of anilines is 1. The van der Waals surface area contributed by atoms with Crippen molar-refractivity contribution in [2.45, 2.75) is 32.9 Å². The molecule has 21 heavy (non-hydrogen) atoms. The molecule has 3 rings (SSSR count). The summed E-state index contributed by atoms with van der Waals surface area (Å²) < 4.78 is 1.97. The van der Waals surface area contributed by atoms with Crippen LogP contribution in [0.15, 0.2) is 41.7 Å². The van der Waals surface area contributed by atoms with Crippen LogP contribution in [0.1, 0.15) is 37.1 Å². The molecule has 0 aliphatic carbocycles. The minimum Gasteiger partial charge on any atom is -0.369 e. The molecule has 0 saturated heterocycles. The Bertz CT molecular complexity index is 671. The maximum Gasteiger partial charge on any atom is 0.196 e. The van der Waals surface area contributed by atoms with Gasteiger partial charge in [-0.15, -0.1) is 0 Å². The minimum absolute atomic E-state index is 0.124. The Morgan fingerprint density at radius 2 is 2.14 bits per heavy atom. The maximum absolute atomic E-state index is 6.10. The number of nitrogens with two attached hydrogens (primary N) is 1. The van der Waals surface area contributed by atoms with E-state index in [1.807, 2.05) is 16.9 Å². The molecule has 0 saturated carbocycles. The second-order valence-electron chi connectivity index (χ2n) is 5.77. The Labute approximate surface area is 125 Å². The van der Waals surface area contributed by atoms with Crippen molar-refractivity contribution in [1.29, 1.82) is 0 Å². The fraction of sp³-hybridized carbons (Fsp3) is 0.375. The van der Waals surface area contributed by atoms with Crippen LogP contribution in [0, 0.1) is 6.92 Å². The van der Waals surface area contributed by atoms with E-state index < -0.39 is 0 Å². The molecular formula is C16H21N5. The SMILES string of the molecule is Cc1cccc(N2C(N)=NCC2c2cnn(C(C)C)c2)c1. The first-order valence-corrected chi connectivity index (χ1v) is 7.26. The third-order valence-electron chi connectivity index (χ3n) is 3.80. The first-order chi connectivity index (χ1) is 10.1. The molecule has 2 N–H and O–H groups in total. The summed E-state index contributed by atoms with van der Waals surface area (Å²) in [6, 6.07) is 8.81. The molecule has 2 heterocycles. The number of nitrogens with zero attached hydrogens (tertiary/aromatic N) is 4. The van der Waals surface area contributed by atoms with Gasteiger partial charge in [0.15, 0.2) is 5.96 Å².